The van der Waals surface area contributed by atoms with Crippen LogP contribution in [0, 0.1) is 0 Å². The largest absolute Gasteiger partial charge is 0.465 e. The maximum atomic E-state index is 12.0. The van der Waals surface area contributed by atoms with E-state index in [4.69, 9.17) is 16.3 Å². The fourth-order valence-corrected chi connectivity index (χ4v) is 3.10. The summed E-state index contributed by atoms with van der Waals surface area (Å²) in [6, 6.07) is 7.77. The summed E-state index contributed by atoms with van der Waals surface area (Å²) in [7, 11) is 0. The molecule has 1 atom stereocenters. The number of likely N-dealkylation sites (N-methyl/N-ethyl adjacent to an activating group) is 1. The summed E-state index contributed by atoms with van der Waals surface area (Å²) in [6.45, 7) is 6.84. The van der Waals surface area contributed by atoms with Crippen molar-refractivity contribution in [1.29, 1.82) is 0 Å². The van der Waals surface area contributed by atoms with Crippen LogP contribution in [0.15, 0.2) is 24.3 Å². The van der Waals surface area contributed by atoms with E-state index < -0.39 is 5.54 Å². The Hall–Kier alpha value is -0.710. The van der Waals surface area contributed by atoms with Crippen molar-refractivity contribution in [3.63, 3.8) is 0 Å². The van der Waals surface area contributed by atoms with Crippen LogP contribution in [0.4, 0.5) is 0 Å². The number of thioether (sulfide) groups is 1. The van der Waals surface area contributed by atoms with Crippen molar-refractivity contribution in [3.8, 4) is 0 Å². The van der Waals surface area contributed by atoms with E-state index in [1.54, 1.807) is 11.8 Å². The maximum absolute atomic E-state index is 12.0. The monoisotopic (exact) mass is 315 g/mol. The highest BCUT2D eigenvalue weighted by atomic mass is 35.5. The highest BCUT2D eigenvalue weighted by molar-refractivity contribution is 7.98. The number of carbonyl (C=O) groups excluding carboxylic acids is 1. The molecule has 1 rings (SSSR count). The van der Waals surface area contributed by atoms with Crippen molar-refractivity contribution in [2.45, 2.75) is 32.1 Å². The first-order valence-electron chi connectivity index (χ1n) is 6.76. The minimum Gasteiger partial charge on any atom is -0.465 e. The summed E-state index contributed by atoms with van der Waals surface area (Å²) in [5.41, 5.74) is 0.559. The molecule has 0 aliphatic carbocycles. The number of rotatable bonds is 8. The minimum absolute atomic E-state index is 0.189. The summed E-state index contributed by atoms with van der Waals surface area (Å²) in [4.78, 5) is 12.0. The van der Waals surface area contributed by atoms with E-state index in [0.717, 1.165) is 17.3 Å². The van der Waals surface area contributed by atoms with Crippen LogP contribution in [0.25, 0.3) is 0 Å². The van der Waals surface area contributed by atoms with Gasteiger partial charge in [-0.1, -0.05) is 30.7 Å². The Balaban J connectivity index is 2.54. The van der Waals surface area contributed by atoms with Crippen LogP contribution in [0.3, 0.4) is 0 Å². The number of carbonyl (C=O) groups is 1. The average molecular weight is 316 g/mol. The smallest absolute Gasteiger partial charge is 0.326 e. The lowest BCUT2D eigenvalue weighted by molar-refractivity contribution is -0.149. The topological polar surface area (TPSA) is 38.3 Å². The first kappa shape index (κ1) is 17.3. The second-order valence-electron chi connectivity index (χ2n) is 4.70. The fraction of sp³-hybridized carbons (Fsp3) is 0.533. The number of hydrogen-bond acceptors (Lipinski definition) is 4. The van der Waals surface area contributed by atoms with Gasteiger partial charge in [-0.3, -0.25) is 4.79 Å². The van der Waals surface area contributed by atoms with Crippen LogP contribution in [0.1, 0.15) is 26.3 Å². The van der Waals surface area contributed by atoms with E-state index in [1.807, 2.05) is 45.0 Å². The zero-order valence-corrected chi connectivity index (χ0v) is 13.8. The quantitative estimate of drug-likeness (QED) is 0.745. The van der Waals surface area contributed by atoms with Crippen molar-refractivity contribution in [3.05, 3.63) is 34.9 Å². The first-order valence-corrected chi connectivity index (χ1v) is 8.29. The van der Waals surface area contributed by atoms with Gasteiger partial charge in [-0.25, -0.2) is 0 Å². The van der Waals surface area contributed by atoms with Crippen molar-refractivity contribution in [1.82, 2.24) is 5.32 Å². The Morgan fingerprint density at radius 1 is 1.35 bits per heavy atom. The number of esters is 1. The zero-order valence-electron chi connectivity index (χ0n) is 12.2. The molecule has 0 aliphatic heterocycles. The lowest BCUT2D eigenvalue weighted by Gasteiger charge is -2.27. The van der Waals surface area contributed by atoms with Crippen LogP contribution in [0.5, 0.6) is 0 Å². The molecule has 0 saturated carbocycles. The van der Waals surface area contributed by atoms with Crippen LogP contribution < -0.4 is 5.32 Å². The number of hydrogen-bond donors (Lipinski definition) is 1. The van der Waals surface area contributed by atoms with E-state index in [1.165, 1.54) is 5.56 Å². The summed E-state index contributed by atoms with van der Waals surface area (Å²) in [5.74, 6) is 1.32. The normalized spacial score (nSPS) is 13.8. The van der Waals surface area contributed by atoms with Crippen LogP contribution in [-0.4, -0.2) is 30.4 Å². The molecule has 1 aromatic carbocycles. The van der Waals surface area contributed by atoms with Crippen LogP contribution in [-0.2, 0) is 15.3 Å². The second kappa shape index (κ2) is 8.55. The number of halogens is 1. The summed E-state index contributed by atoms with van der Waals surface area (Å²) >= 11 is 7.56. The third-order valence-corrected chi connectivity index (χ3v) is 4.44. The van der Waals surface area contributed by atoms with E-state index >= 15 is 0 Å². The lowest BCUT2D eigenvalue weighted by atomic mass is 10.1. The highest BCUT2D eigenvalue weighted by Crippen LogP contribution is 2.20. The van der Waals surface area contributed by atoms with Gasteiger partial charge in [0.2, 0.25) is 0 Å². The SMILES string of the molecule is CCNC(C)(CSCc1ccc(Cl)cc1)C(=O)OCC. The molecule has 20 heavy (non-hydrogen) atoms. The standard InChI is InChI=1S/C15H22ClNO2S/c1-4-17-15(3,14(18)19-5-2)11-20-10-12-6-8-13(16)9-7-12/h6-9,17H,4-5,10-11H2,1-3H3. The Morgan fingerprint density at radius 3 is 2.55 bits per heavy atom. The highest BCUT2D eigenvalue weighted by Gasteiger charge is 2.33. The number of ether oxygens (including phenoxy) is 1. The van der Waals surface area contributed by atoms with E-state index in [0.29, 0.717) is 12.4 Å². The molecule has 1 aromatic rings. The van der Waals surface area contributed by atoms with Crippen molar-refractivity contribution in [2.75, 3.05) is 18.9 Å². The Bertz CT molecular complexity index is 424. The molecule has 0 radical (unpaired) electrons. The third kappa shape index (κ3) is 5.35. The van der Waals surface area contributed by atoms with Gasteiger partial charge in [0.25, 0.3) is 0 Å². The molecule has 0 saturated heterocycles. The van der Waals surface area contributed by atoms with Crippen LogP contribution in [0.2, 0.25) is 5.02 Å². The average Bonchev–Trinajstić information content (AvgIpc) is 2.41. The molecule has 5 heteroatoms. The number of nitrogens with one attached hydrogen (secondary N) is 1. The molecule has 3 nitrogen and oxygen atoms in total. The van der Waals surface area contributed by atoms with Gasteiger partial charge in [0.05, 0.1) is 6.61 Å². The van der Waals surface area contributed by atoms with E-state index in [2.05, 4.69) is 5.32 Å². The molecular formula is C15H22ClNO2S. The molecule has 0 amide bonds. The van der Waals surface area contributed by atoms with Gasteiger partial charge in [-0.2, -0.15) is 11.8 Å². The van der Waals surface area contributed by atoms with Gasteiger partial charge in [0.1, 0.15) is 5.54 Å². The summed E-state index contributed by atoms with van der Waals surface area (Å²) in [5, 5.41) is 3.96. The van der Waals surface area contributed by atoms with Gasteiger partial charge >= 0.3 is 5.97 Å². The van der Waals surface area contributed by atoms with Crippen molar-refractivity contribution in [2.24, 2.45) is 0 Å². The zero-order chi connectivity index (χ0) is 15.0. The van der Waals surface area contributed by atoms with Gasteiger partial charge in [-0.05, 0) is 38.1 Å². The van der Waals surface area contributed by atoms with Gasteiger partial charge in [0, 0.05) is 16.5 Å². The number of benzene rings is 1. The summed E-state index contributed by atoms with van der Waals surface area (Å²) in [6.07, 6.45) is 0. The fourth-order valence-electron chi connectivity index (χ4n) is 1.82. The van der Waals surface area contributed by atoms with Gasteiger partial charge in [-0.15, -0.1) is 0 Å². The first-order chi connectivity index (χ1) is 9.51. The third-order valence-electron chi connectivity index (χ3n) is 2.87. The van der Waals surface area contributed by atoms with Crippen molar-refractivity contribution >= 4 is 29.3 Å². The predicted molar refractivity (Wildman–Crippen MR) is 86.3 cm³/mol. The molecule has 0 heterocycles. The second-order valence-corrected chi connectivity index (χ2v) is 6.12. The molecule has 0 spiro atoms. The van der Waals surface area contributed by atoms with Gasteiger partial charge < -0.3 is 10.1 Å². The molecule has 0 bridgehead atoms. The molecule has 0 fully saturated rings. The van der Waals surface area contributed by atoms with Crippen molar-refractivity contribution < 1.29 is 9.53 Å². The minimum atomic E-state index is -0.637. The Morgan fingerprint density at radius 2 is 2.00 bits per heavy atom. The molecule has 1 unspecified atom stereocenters. The van der Waals surface area contributed by atoms with Gasteiger partial charge in [0.15, 0.2) is 0 Å². The Labute approximate surface area is 130 Å². The molecular weight excluding hydrogens is 294 g/mol. The lowest BCUT2D eigenvalue weighted by Crippen LogP contribution is -2.52. The molecule has 0 aromatic heterocycles. The molecule has 112 valence electrons. The maximum Gasteiger partial charge on any atom is 0.326 e. The molecule has 0 aliphatic rings. The van der Waals surface area contributed by atoms with Crippen LogP contribution >= 0.6 is 23.4 Å². The summed E-state index contributed by atoms with van der Waals surface area (Å²) < 4.78 is 5.15. The predicted octanol–water partition coefficient (Wildman–Crippen LogP) is 3.50. The van der Waals surface area contributed by atoms with E-state index in [9.17, 15) is 4.79 Å². The molecule has 1 N–H and O–H groups in total. The van der Waals surface area contributed by atoms with E-state index in [-0.39, 0.29) is 5.97 Å². The Kier molecular flexibility index (Phi) is 7.41.